The first-order valence-corrected chi connectivity index (χ1v) is 4.86. The quantitative estimate of drug-likeness (QED) is 0.845. The number of hydrogen-bond acceptors (Lipinski definition) is 2. The molecule has 0 bridgehead atoms. The van der Waals surface area contributed by atoms with Gasteiger partial charge in [-0.25, -0.2) is 0 Å². The van der Waals surface area contributed by atoms with Crippen molar-refractivity contribution in [2.45, 2.75) is 6.42 Å². The van der Waals surface area contributed by atoms with Crippen LogP contribution in [0.5, 0.6) is 0 Å². The van der Waals surface area contributed by atoms with Crippen LogP contribution in [0.25, 0.3) is 0 Å². The predicted molar refractivity (Wildman–Crippen MR) is 49.8 cm³/mol. The van der Waals surface area contributed by atoms with Crippen LogP contribution in [0.2, 0.25) is 5.02 Å². The van der Waals surface area contributed by atoms with E-state index in [0.29, 0.717) is 6.54 Å². The Morgan fingerprint density at radius 1 is 1.70 bits per heavy atom. The standard InChI is InChI=1S/C6H7BrClNS/c7-6-5(8)3-4(10-6)1-2-9/h3H,1-2,9H2. The summed E-state index contributed by atoms with van der Waals surface area (Å²) in [6, 6.07) is 1.95. The Balaban J connectivity index is 2.77. The van der Waals surface area contributed by atoms with Crippen LogP contribution in [-0.2, 0) is 6.42 Å². The molecule has 0 unspecified atom stereocenters. The maximum atomic E-state index is 5.79. The van der Waals surface area contributed by atoms with Gasteiger partial charge >= 0.3 is 0 Å². The van der Waals surface area contributed by atoms with Gasteiger partial charge in [0.2, 0.25) is 0 Å². The average Bonchev–Trinajstić information content (AvgIpc) is 2.14. The van der Waals surface area contributed by atoms with Gasteiger partial charge in [-0.1, -0.05) is 11.6 Å². The highest BCUT2D eigenvalue weighted by Crippen LogP contribution is 2.31. The lowest BCUT2D eigenvalue weighted by Crippen LogP contribution is -2.00. The van der Waals surface area contributed by atoms with E-state index in [2.05, 4.69) is 15.9 Å². The molecule has 0 aliphatic rings. The van der Waals surface area contributed by atoms with Crippen LogP contribution < -0.4 is 5.73 Å². The molecule has 1 aromatic rings. The Hall–Kier alpha value is 0.430. The Bertz CT molecular complexity index is 204. The number of halogens is 2. The molecule has 0 atom stereocenters. The summed E-state index contributed by atoms with van der Waals surface area (Å²) in [7, 11) is 0. The first-order chi connectivity index (χ1) is 4.74. The zero-order valence-corrected chi connectivity index (χ0v) is 8.39. The minimum atomic E-state index is 0.684. The van der Waals surface area contributed by atoms with Gasteiger partial charge in [0, 0.05) is 4.88 Å². The van der Waals surface area contributed by atoms with E-state index in [1.165, 1.54) is 4.88 Å². The summed E-state index contributed by atoms with van der Waals surface area (Å²) in [6.07, 6.45) is 0.913. The van der Waals surface area contributed by atoms with E-state index in [1.807, 2.05) is 6.07 Å². The predicted octanol–water partition coefficient (Wildman–Crippen LogP) is 2.67. The first kappa shape index (κ1) is 8.53. The molecule has 0 amide bonds. The van der Waals surface area contributed by atoms with E-state index < -0.39 is 0 Å². The second-order valence-corrected chi connectivity index (χ2v) is 4.73. The third-order valence-corrected chi connectivity index (χ3v) is 3.62. The zero-order valence-electron chi connectivity index (χ0n) is 5.23. The summed E-state index contributed by atoms with van der Waals surface area (Å²) >= 11 is 10.8. The lowest BCUT2D eigenvalue weighted by molar-refractivity contribution is 0.989. The fraction of sp³-hybridized carbons (Fsp3) is 0.333. The smallest absolute Gasteiger partial charge is 0.0887 e. The van der Waals surface area contributed by atoms with Crippen LogP contribution >= 0.6 is 38.9 Å². The molecule has 0 fully saturated rings. The summed E-state index contributed by atoms with van der Waals surface area (Å²) in [6.45, 7) is 0.684. The van der Waals surface area contributed by atoms with Crippen molar-refractivity contribution in [2.24, 2.45) is 5.73 Å². The maximum Gasteiger partial charge on any atom is 0.0887 e. The van der Waals surface area contributed by atoms with E-state index in [-0.39, 0.29) is 0 Å². The maximum absolute atomic E-state index is 5.79. The van der Waals surface area contributed by atoms with Crippen molar-refractivity contribution in [3.05, 3.63) is 19.8 Å². The summed E-state index contributed by atoms with van der Waals surface area (Å²) < 4.78 is 0.998. The van der Waals surface area contributed by atoms with Crippen molar-refractivity contribution in [1.82, 2.24) is 0 Å². The zero-order chi connectivity index (χ0) is 7.56. The van der Waals surface area contributed by atoms with Crippen LogP contribution in [0.15, 0.2) is 9.85 Å². The number of rotatable bonds is 2. The van der Waals surface area contributed by atoms with Crippen molar-refractivity contribution in [3.8, 4) is 0 Å². The molecule has 56 valence electrons. The molecule has 0 spiro atoms. The minimum absolute atomic E-state index is 0.684. The van der Waals surface area contributed by atoms with Crippen molar-refractivity contribution in [3.63, 3.8) is 0 Å². The van der Waals surface area contributed by atoms with E-state index in [1.54, 1.807) is 11.3 Å². The van der Waals surface area contributed by atoms with Gasteiger partial charge in [0.15, 0.2) is 0 Å². The molecular formula is C6H7BrClNS. The Kier molecular flexibility index (Phi) is 3.17. The number of hydrogen-bond donors (Lipinski definition) is 1. The van der Waals surface area contributed by atoms with Gasteiger partial charge in [-0.2, -0.15) is 0 Å². The van der Waals surface area contributed by atoms with Crippen LogP contribution in [0, 0.1) is 0 Å². The van der Waals surface area contributed by atoms with Crippen molar-refractivity contribution in [1.29, 1.82) is 0 Å². The summed E-state index contributed by atoms with van der Waals surface area (Å²) in [5.41, 5.74) is 5.37. The lowest BCUT2D eigenvalue weighted by Gasteiger charge is -1.86. The van der Waals surface area contributed by atoms with Crippen molar-refractivity contribution < 1.29 is 0 Å². The third kappa shape index (κ3) is 1.95. The van der Waals surface area contributed by atoms with E-state index in [9.17, 15) is 0 Å². The van der Waals surface area contributed by atoms with Crippen LogP contribution in [0.1, 0.15) is 4.88 Å². The van der Waals surface area contributed by atoms with Gasteiger partial charge in [-0.15, -0.1) is 11.3 Å². The SMILES string of the molecule is NCCc1cc(Cl)c(Br)s1. The Morgan fingerprint density at radius 3 is 2.80 bits per heavy atom. The molecule has 1 rings (SSSR count). The normalized spacial score (nSPS) is 10.3. The van der Waals surface area contributed by atoms with E-state index >= 15 is 0 Å². The average molecular weight is 241 g/mol. The molecular weight excluding hydrogens is 233 g/mol. The highest BCUT2D eigenvalue weighted by molar-refractivity contribution is 9.11. The molecule has 10 heavy (non-hydrogen) atoms. The molecule has 0 saturated heterocycles. The summed E-state index contributed by atoms with van der Waals surface area (Å²) in [5.74, 6) is 0. The number of thiophene rings is 1. The molecule has 1 nitrogen and oxygen atoms in total. The molecule has 2 N–H and O–H groups in total. The fourth-order valence-corrected chi connectivity index (χ4v) is 2.49. The van der Waals surface area contributed by atoms with Crippen LogP contribution in [0.4, 0.5) is 0 Å². The van der Waals surface area contributed by atoms with Gasteiger partial charge < -0.3 is 5.73 Å². The minimum Gasteiger partial charge on any atom is -0.330 e. The highest BCUT2D eigenvalue weighted by Gasteiger charge is 2.02. The molecule has 1 aromatic heterocycles. The largest absolute Gasteiger partial charge is 0.330 e. The molecule has 0 radical (unpaired) electrons. The van der Waals surface area contributed by atoms with Crippen LogP contribution in [0.3, 0.4) is 0 Å². The lowest BCUT2D eigenvalue weighted by atomic mass is 10.3. The van der Waals surface area contributed by atoms with Gasteiger partial charge in [-0.05, 0) is 35.0 Å². The summed E-state index contributed by atoms with van der Waals surface area (Å²) in [5, 5.41) is 0.786. The molecule has 1 heterocycles. The Morgan fingerprint density at radius 2 is 2.40 bits per heavy atom. The van der Waals surface area contributed by atoms with Crippen LogP contribution in [-0.4, -0.2) is 6.54 Å². The molecule has 0 aliphatic carbocycles. The Labute approximate surface area is 77.3 Å². The molecule has 0 aromatic carbocycles. The fourth-order valence-electron chi connectivity index (χ4n) is 0.657. The van der Waals surface area contributed by atoms with Crippen molar-refractivity contribution >= 4 is 38.9 Å². The van der Waals surface area contributed by atoms with Gasteiger partial charge in [-0.3, -0.25) is 0 Å². The molecule has 0 saturated carbocycles. The molecule has 0 aliphatic heterocycles. The van der Waals surface area contributed by atoms with E-state index in [0.717, 1.165) is 15.2 Å². The number of nitrogens with two attached hydrogens (primary N) is 1. The summed E-state index contributed by atoms with van der Waals surface area (Å²) in [4.78, 5) is 1.24. The third-order valence-electron chi connectivity index (χ3n) is 1.09. The van der Waals surface area contributed by atoms with Gasteiger partial charge in [0.05, 0.1) is 8.81 Å². The second kappa shape index (κ2) is 3.72. The first-order valence-electron chi connectivity index (χ1n) is 2.88. The van der Waals surface area contributed by atoms with Gasteiger partial charge in [0.25, 0.3) is 0 Å². The highest BCUT2D eigenvalue weighted by atomic mass is 79.9. The molecule has 4 heteroatoms. The van der Waals surface area contributed by atoms with Gasteiger partial charge in [0.1, 0.15) is 0 Å². The van der Waals surface area contributed by atoms with E-state index in [4.69, 9.17) is 17.3 Å². The monoisotopic (exact) mass is 239 g/mol. The second-order valence-electron chi connectivity index (χ2n) is 1.87. The topological polar surface area (TPSA) is 26.0 Å². The van der Waals surface area contributed by atoms with Crippen molar-refractivity contribution in [2.75, 3.05) is 6.54 Å².